The van der Waals surface area contributed by atoms with Crippen molar-refractivity contribution >= 4 is 50.7 Å². The number of pyridine rings is 1. The number of benzene rings is 1. The highest BCUT2D eigenvalue weighted by Crippen LogP contribution is 2.49. The van der Waals surface area contributed by atoms with Gasteiger partial charge in [0.1, 0.15) is 46.9 Å². The van der Waals surface area contributed by atoms with Crippen LogP contribution < -0.4 is 24.8 Å². The Kier molecular flexibility index (Phi) is 10.1. The lowest BCUT2D eigenvalue weighted by Crippen LogP contribution is -2.58. The van der Waals surface area contributed by atoms with Crippen molar-refractivity contribution in [1.29, 1.82) is 0 Å². The van der Waals surface area contributed by atoms with Crippen LogP contribution >= 0.6 is 0 Å². The Morgan fingerprint density at radius 2 is 1.88 bits per heavy atom. The van der Waals surface area contributed by atoms with Gasteiger partial charge in [-0.05, 0) is 89.8 Å². The van der Waals surface area contributed by atoms with Crippen LogP contribution in [0.2, 0.25) is 0 Å². The highest BCUT2D eigenvalue weighted by atomic mass is 32.2. The topological polar surface area (TPSA) is 209 Å². The van der Waals surface area contributed by atoms with Gasteiger partial charge in [0.05, 0.1) is 36.0 Å². The summed E-state index contributed by atoms with van der Waals surface area (Å²) in [6.07, 6.45) is 8.66. The second-order valence-electron chi connectivity index (χ2n) is 18.3. The van der Waals surface area contributed by atoms with E-state index < -0.39 is 73.8 Å². The number of nitrogens with one attached hydrogen (secondary N) is 3. The number of amides is 4. The maximum Gasteiger partial charge on any atom is 0.408 e. The van der Waals surface area contributed by atoms with Crippen molar-refractivity contribution in [2.45, 2.75) is 144 Å². The number of hydrogen-bond donors (Lipinski definition) is 3. The fourth-order valence-corrected chi connectivity index (χ4v) is 11.4. The number of methoxy groups -OCH3 is 1. The molecule has 4 amide bonds. The normalized spacial score (nSPS) is 33.2. The number of aromatic nitrogens is 1. The molecule has 5 heterocycles. The van der Waals surface area contributed by atoms with E-state index in [2.05, 4.69) is 15.4 Å². The second kappa shape index (κ2) is 14.9. The number of fused-ring (bicyclic) bond motifs is 6. The van der Waals surface area contributed by atoms with E-state index in [4.69, 9.17) is 23.9 Å². The zero-order valence-corrected chi connectivity index (χ0v) is 35.1. The molecule has 3 N–H and O–H groups in total. The van der Waals surface area contributed by atoms with E-state index in [1.807, 2.05) is 37.3 Å². The molecule has 16 nitrogen and oxygen atoms in total. The first-order valence-electron chi connectivity index (χ1n) is 21.3. The van der Waals surface area contributed by atoms with E-state index in [9.17, 15) is 32.4 Å². The number of nitrogens with zero attached hydrogens (tertiary/aromatic N) is 2. The average molecular weight is 848 g/mol. The van der Waals surface area contributed by atoms with Crippen LogP contribution in [0.1, 0.15) is 102 Å². The van der Waals surface area contributed by atoms with Crippen molar-refractivity contribution in [2.75, 3.05) is 13.7 Å². The smallest absolute Gasteiger partial charge is 0.408 e. The van der Waals surface area contributed by atoms with E-state index in [1.165, 1.54) is 4.90 Å². The molecule has 8 unspecified atom stereocenters. The van der Waals surface area contributed by atoms with Crippen molar-refractivity contribution in [2.24, 2.45) is 11.8 Å². The molecular weight excluding hydrogens is 795 g/mol. The van der Waals surface area contributed by atoms with Gasteiger partial charge in [-0.25, -0.2) is 18.2 Å². The van der Waals surface area contributed by atoms with Gasteiger partial charge < -0.3 is 34.5 Å². The van der Waals surface area contributed by atoms with Crippen LogP contribution in [0, 0.1) is 18.8 Å². The molecule has 1 spiro atoms. The summed E-state index contributed by atoms with van der Waals surface area (Å²) in [6.45, 7) is 3.47. The summed E-state index contributed by atoms with van der Waals surface area (Å²) in [6, 6.07) is 3.49. The standard InChI is InChI=1S/C43H53N5O11S/c1-24-36-29(30-19-27(56-3)11-12-31(30)44-24)13-14-42(59-36)22-33-37(50)46-43(39(52)47-60(54,55)41(2)15-16-41)21-26(43)9-7-5-4-6-8-10-32(38(51)48(33)23-42)45-40(53)57-28-17-25-18-35(49)58-34(25)20-28/h7,9,11-12,19,25-26,28,32-34H,4-6,8,10,13-18,20-23H2,1-3H3,(H,45,53)(H,46,50)(H,47,52). The zero-order valence-electron chi connectivity index (χ0n) is 34.3. The van der Waals surface area contributed by atoms with Crippen LogP contribution in [-0.2, 0) is 45.1 Å². The molecular formula is C43H53N5O11S. The number of rotatable bonds is 6. The molecule has 60 heavy (non-hydrogen) atoms. The number of sulfonamides is 1. The van der Waals surface area contributed by atoms with E-state index in [1.54, 1.807) is 14.0 Å². The Balaban J connectivity index is 1.02. The van der Waals surface area contributed by atoms with Crippen molar-refractivity contribution in [3.63, 3.8) is 0 Å². The summed E-state index contributed by atoms with van der Waals surface area (Å²) < 4.78 is 51.4. The summed E-state index contributed by atoms with van der Waals surface area (Å²) in [5.74, 6) is -1.37. The molecule has 2 aromatic rings. The van der Waals surface area contributed by atoms with Crippen LogP contribution in [0.3, 0.4) is 0 Å². The molecule has 7 aliphatic rings. The number of ether oxygens (including phenoxy) is 4. The summed E-state index contributed by atoms with van der Waals surface area (Å²) >= 11 is 0. The number of carbonyl (C=O) groups excluding carboxylic acids is 5. The summed E-state index contributed by atoms with van der Waals surface area (Å²) in [5, 5.41) is 6.66. The third kappa shape index (κ3) is 7.33. The van der Waals surface area contributed by atoms with Crippen LogP contribution in [0.25, 0.3) is 10.9 Å². The van der Waals surface area contributed by atoms with Gasteiger partial charge >= 0.3 is 12.1 Å². The van der Waals surface area contributed by atoms with Gasteiger partial charge in [0, 0.05) is 35.6 Å². The minimum Gasteiger partial charge on any atom is -0.497 e. The summed E-state index contributed by atoms with van der Waals surface area (Å²) in [5.41, 5.74) is -0.170. The number of alkyl carbamates (subject to hydrolysis) is 1. The lowest BCUT2D eigenvalue weighted by Gasteiger charge is -2.36. The lowest BCUT2D eigenvalue weighted by atomic mass is 9.87. The van der Waals surface area contributed by atoms with Gasteiger partial charge in [0.25, 0.3) is 5.91 Å². The predicted molar refractivity (Wildman–Crippen MR) is 215 cm³/mol. The Morgan fingerprint density at radius 1 is 1.07 bits per heavy atom. The van der Waals surface area contributed by atoms with Crippen LogP contribution in [-0.4, -0.2) is 102 Å². The van der Waals surface area contributed by atoms with Crippen LogP contribution in [0.4, 0.5) is 4.79 Å². The van der Waals surface area contributed by atoms with E-state index in [0.717, 1.165) is 29.3 Å². The molecule has 1 aromatic carbocycles. The fourth-order valence-electron chi connectivity index (χ4n) is 10.0. The molecule has 5 fully saturated rings. The molecule has 3 aliphatic carbocycles. The van der Waals surface area contributed by atoms with Gasteiger partial charge in [-0.3, -0.25) is 23.9 Å². The van der Waals surface area contributed by atoms with E-state index in [-0.39, 0.29) is 50.2 Å². The van der Waals surface area contributed by atoms with E-state index >= 15 is 0 Å². The Labute approximate surface area is 348 Å². The molecule has 0 radical (unpaired) electrons. The Bertz CT molecular complexity index is 2280. The predicted octanol–water partition coefficient (Wildman–Crippen LogP) is 3.80. The summed E-state index contributed by atoms with van der Waals surface area (Å²) in [4.78, 5) is 75.3. The fraction of sp³-hybridized carbons (Fsp3) is 0.628. The number of aryl methyl sites for hydroxylation is 2. The Hall–Kier alpha value is -4.93. The molecule has 2 saturated heterocycles. The monoisotopic (exact) mass is 847 g/mol. The maximum atomic E-state index is 14.9. The maximum absolute atomic E-state index is 14.9. The van der Waals surface area contributed by atoms with Crippen molar-refractivity contribution in [3.05, 3.63) is 41.6 Å². The quantitative estimate of drug-likeness (QED) is 0.280. The molecule has 8 atom stereocenters. The number of esters is 1. The van der Waals surface area contributed by atoms with Crippen LogP contribution in [0.15, 0.2) is 30.4 Å². The number of allylic oxidation sites excluding steroid dienone is 1. The first-order valence-corrected chi connectivity index (χ1v) is 22.8. The second-order valence-corrected chi connectivity index (χ2v) is 20.5. The third-order valence-electron chi connectivity index (χ3n) is 14.0. The highest BCUT2D eigenvalue weighted by molar-refractivity contribution is 7.91. The van der Waals surface area contributed by atoms with Crippen molar-refractivity contribution in [1.82, 2.24) is 25.2 Å². The van der Waals surface area contributed by atoms with Gasteiger partial charge in [0.2, 0.25) is 21.8 Å². The lowest BCUT2D eigenvalue weighted by molar-refractivity contribution is -0.142. The van der Waals surface area contributed by atoms with Gasteiger partial charge in [0.15, 0.2) is 0 Å². The molecule has 17 heteroatoms. The zero-order chi connectivity index (χ0) is 42.2. The SMILES string of the molecule is COc1ccc2nc(C)c3c(c2c1)CCC1(CC2C(=O)NC4(C(=O)NS(=O)(=O)C5(C)CC5)CC4C=CCCCCCC(NC(=O)OC4CC5CC(=O)OC5C4)C(=O)N2C1)O3. The number of hydrogen-bond acceptors (Lipinski definition) is 12. The largest absolute Gasteiger partial charge is 0.497 e. The Morgan fingerprint density at radius 3 is 2.65 bits per heavy atom. The van der Waals surface area contributed by atoms with Crippen LogP contribution in [0.5, 0.6) is 11.5 Å². The first-order chi connectivity index (χ1) is 28.6. The summed E-state index contributed by atoms with van der Waals surface area (Å²) in [7, 11) is -2.41. The molecule has 322 valence electrons. The molecule has 3 saturated carbocycles. The molecule has 9 rings (SSSR count). The first kappa shape index (κ1) is 40.5. The molecule has 1 aromatic heterocycles. The van der Waals surface area contributed by atoms with E-state index in [0.29, 0.717) is 68.6 Å². The van der Waals surface area contributed by atoms with Crippen molar-refractivity contribution < 1.29 is 51.3 Å². The van der Waals surface area contributed by atoms with Crippen molar-refractivity contribution in [3.8, 4) is 11.5 Å². The van der Waals surface area contributed by atoms with Gasteiger partial charge in [-0.2, -0.15) is 0 Å². The molecule has 0 bridgehead atoms. The highest BCUT2D eigenvalue weighted by Gasteiger charge is 2.64. The minimum absolute atomic E-state index is 0.0127. The van der Waals surface area contributed by atoms with Gasteiger partial charge in [-0.1, -0.05) is 25.0 Å². The molecule has 4 aliphatic heterocycles. The third-order valence-corrected chi connectivity index (χ3v) is 16.2. The minimum atomic E-state index is -4.01. The van der Waals surface area contributed by atoms with Gasteiger partial charge in [-0.15, -0.1) is 0 Å². The number of carbonyl (C=O) groups is 5. The average Bonchev–Trinajstić information content (AvgIpc) is 3.99.